The first-order valence-electron chi connectivity index (χ1n) is 7.79. The average molecular weight is 283 g/mol. The first-order chi connectivity index (χ1) is 10.1. The third-order valence-electron chi connectivity index (χ3n) is 3.75. The molecule has 0 radical (unpaired) electrons. The summed E-state index contributed by atoms with van der Waals surface area (Å²) in [5.74, 6) is 0.408. The molecule has 1 aliphatic carbocycles. The number of nitrogens with zero attached hydrogens (tertiary/aromatic N) is 1. The second kappa shape index (κ2) is 7.94. The van der Waals surface area contributed by atoms with Gasteiger partial charge in [-0.1, -0.05) is 62.4 Å². The molecule has 0 unspecified atom stereocenters. The molecule has 21 heavy (non-hydrogen) atoms. The molecule has 0 amide bonds. The van der Waals surface area contributed by atoms with Crippen molar-refractivity contribution in [3.8, 4) is 0 Å². The molecule has 1 aliphatic rings. The van der Waals surface area contributed by atoms with Crippen LogP contribution >= 0.6 is 0 Å². The molecular formula is C19H25NO. The van der Waals surface area contributed by atoms with Gasteiger partial charge in [0.2, 0.25) is 0 Å². The van der Waals surface area contributed by atoms with E-state index >= 15 is 0 Å². The molecule has 2 rings (SSSR count). The molecule has 0 spiro atoms. The summed E-state index contributed by atoms with van der Waals surface area (Å²) in [5, 5.41) is 0. The highest BCUT2D eigenvalue weighted by molar-refractivity contribution is 5.82. The van der Waals surface area contributed by atoms with Crippen molar-refractivity contribution in [2.24, 2.45) is 5.92 Å². The fourth-order valence-electron chi connectivity index (χ4n) is 2.46. The molecule has 0 N–H and O–H groups in total. The van der Waals surface area contributed by atoms with E-state index < -0.39 is 0 Å². The SMILES string of the molecule is CC(C)C(=O)CN(CC1=CCCC=C1)Cc1ccccc1. The number of rotatable bonds is 7. The fourth-order valence-corrected chi connectivity index (χ4v) is 2.46. The van der Waals surface area contributed by atoms with E-state index in [4.69, 9.17) is 0 Å². The Morgan fingerprint density at radius 2 is 1.90 bits per heavy atom. The summed E-state index contributed by atoms with van der Waals surface area (Å²) < 4.78 is 0. The van der Waals surface area contributed by atoms with Crippen molar-refractivity contribution >= 4 is 5.78 Å². The maximum absolute atomic E-state index is 12.1. The largest absolute Gasteiger partial charge is 0.298 e. The number of allylic oxidation sites excluding steroid dienone is 2. The Kier molecular flexibility index (Phi) is 5.94. The molecule has 2 heteroatoms. The molecule has 0 bridgehead atoms. The van der Waals surface area contributed by atoms with Gasteiger partial charge >= 0.3 is 0 Å². The lowest BCUT2D eigenvalue weighted by atomic mass is 10.0. The van der Waals surface area contributed by atoms with Crippen molar-refractivity contribution in [2.75, 3.05) is 13.1 Å². The normalized spacial score (nSPS) is 14.6. The van der Waals surface area contributed by atoms with Crippen LogP contribution in [-0.4, -0.2) is 23.8 Å². The Morgan fingerprint density at radius 1 is 1.14 bits per heavy atom. The van der Waals surface area contributed by atoms with Crippen LogP contribution in [0, 0.1) is 5.92 Å². The van der Waals surface area contributed by atoms with Crippen molar-refractivity contribution in [1.82, 2.24) is 4.90 Å². The van der Waals surface area contributed by atoms with Crippen LogP contribution in [0.4, 0.5) is 0 Å². The molecule has 0 fully saturated rings. The summed E-state index contributed by atoms with van der Waals surface area (Å²) in [5.41, 5.74) is 2.59. The summed E-state index contributed by atoms with van der Waals surface area (Å²) >= 11 is 0. The van der Waals surface area contributed by atoms with Gasteiger partial charge in [-0.3, -0.25) is 9.69 Å². The van der Waals surface area contributed by atoms with Crippen LogP contribution in [0.15, 0.2) is 54.1 Å². The molecule has 1 aromatic carbocycles. The second-order valence-electron chi connectivity index (χ2n) is 6.01. The molecule has 0 aromatic heterocycles. The van der Waals surface area contributed by atoms with Crippen molar-refractivity contribution in [3.63, 3.8) is 0 Å². The van der Waals surface area contributed by atoms with Gasteiger partial charge in [0.05, 0.1) is 6.54 Å². The Hall–Kier alpha value is -1.67. The first-order valence-corrected chi connectivity index (χ1v) is 7.79. The highest BCUT2D eigenvalue weighted by atomic mass is 16.1. The molecule has 0 saturated carbocycles. The second-order valence-corrected chi connectivity index (χ2v) is 6.01. The number of carbonyl (C=O) groups excluding carboxylic acids is 1. The zero-order valence-corrected chi connectivity index (χ0v) is 13.1. The lowest BCUT2D eigenvalue weighted by molar-refractivity contribution is -0.123. The Bertz CT molecular complexity index is 514. The standard InChI is InChI=1S/C19H25NO/c1-16(2)19(21)15-20(13-17-9-5-3-6-10-17)14-18-11-7-4-8-12-18/h3,5-7,9-12,16H,4,8,13-15H2,1-2H3. The van der Waals surface area contributed by atoms with E-state index in [1.165, 1.54) is 11.1 Å². The maximum Gasteiger partial charge on any atom is 0.149 e. The number of carbonyl (C=O) groups is 1. The van der Waals surface area contributed by atoms with E-state index in [1.54, 1.807) is 0 Å². The van der Waals surface area contributed by atoms with Gasteiger partial charge in [-0.05, 0) is 24.0 Å². The van der Waals surface area contributed by atoms with E-state index in [9.17, 15) is 4.79 Å². The van der Waals surface area contributed by atoms with Crippen LogP contribution in [-0.2, 0) is 11.3 Å². The van der Waals surface area contributed by atoms with E-state index in [0.29, 0.717) is 12.3 Å². The van der Waals surface area contributed by atoms with E-state index in [2.05, 4.69) is 47.4 Å². The van der Waals surface area contributed by atoms with Gasteiger partial charge in [0, 0.05) is 19.0 Å². The van der Waals surface area contributed by atoms with Crippen LogP contribution < -0.4 is 0 Å². The minimum Gasteiger partial charge on any atom is -0.298 e. The third kappa shape index (κ3) is 5.31. The van der Waals surface area contributed by atoms with Crippen LogP contribution in [0.5, 0.6) is 0 Å². The van der Waals surface area contributed by atoms with E-state index in [-0.39, 0.29) is 5.92 Å². The average Bonchev–Trinajstić information content (AvgIpc) is 2.49. The highest BCUT2D eigenvalue weighted by Gasteiger charge is 2.15. The Balaban J connectivity index is 2.04. The monoisotopic (exact) mass is 283 g/mol. The molecule has 0 saturated heterocycles. The van der Waals surface area contributed by atoms with Gasteiger partial charge < -0.3 is 0 Å². The van der Waals surface area contributed by atoms with Gasteiger partial charge in [-0.15, -0.1) is 0 Å². The summed E-state index contributed by atoms with van der Waals surface area (Å²) in [7, 11) is 0. The zero-order chi connectivity index (χ0) is 15.1. The van der Waals surface area contributed by atoms with Crippen molar-refractivity contribution < 1.29 is 4.79 Å². The maximum atomic E-state index is 12.1. The zero-order valence-electron chi connectivity index (χ0n) is 13.1. The lowest BCUT2D eigenvalue weighted by Crippen LogP contribution is -2.33. The van der Waals surface area contributed by atoms with Crippen molar-refractivity contribution in [2.45, 2.75) is 33.2 Å². The van der Waals surface area contributed by atoms with Crippen LogP contribution in [0.1, 0.15) is 32.3 Å². The van der Waals surface area contributed by atoms with Gasteiger partial charge in [0.25, 0.3) is 0 Å². The van der Waals surface area contributed by atoms with Gasteiger partial charge in [0.15, 0.2) is 0 Å². The number of hydrogen-bond acceptors (Lipinski definition) is 2. The fraction of sp³-hybridized carbons (Fsp3) is 0.421. The number of hydrogen-bond donors (Lipinski definition) is 0. The topological polar surface area (TPSA) is 20.3 Å². The number of Topliss-reactive ketones (excluding diaryl/α,β-unsaturated/α-hetero) is 1. The quantitative estimate of drug-likeness (QED) is 0.754. The number of ketones is 1. The highest BCUT2D eigenvalue weighted by Crippen LogP contribution is 2.14. The molecule has 1 aromatic rings. The Morgan fingerprint density at radius 3 is 2.52 bits per heavy atom. The number of benzene rings is 1. The minimum atomic E-state index is 0.0964. The molecule has 112 valence electrons. The van der Waals surface area contributed by atoms with Crippen LogP contribution in [0.25, 0.3) is 0 Å². The summed E-state index contributed by atoms with van der Waals surface area (Å²) in [4.78, 5) is 14.4. The molecule has 0 heterocycles. The van der Waals surface area contributed by atoms with Gasteiger partial charge in [0.1, 0.15) is 5.78 Å². The lowest BCUT2D eigenvalue weighted by Gasteiger charge is -2.24. The molecule has 0 aliphatic heterocycles. The molecule has 2 nitrogen and oxygen atoms in total. The Labute approximate surface area is 128 Å². The summed E-state index contributed by atoms with van der Waals surface area (Å²) in [6, 6.07) is 10.4. The van der Waals surface area contributed by atoms with Gasteiger partial charge in [-0.25, -0.2) is 0 Å². The summed E-state index contributed by atoms with van der Waals surface area (Å²) in [6.45, 7) is 6.15. The molecule has 0 atom stereocenters. The predicted octanol–water partition coefficient (Wildman–Crippen LogP) is 3.99. The smallest absolute Gasteiger partial charge is 0.149 e. The van der Waals surface area contributed by atoms with Crippen molar-refractivity contribution in [3.05, 3.63) is 59.7 Å². The molecular weight excluding hydrogens is 258 g/mol. The van der Waals surface area contributed by atoms with Crippen LogP contribution in [0.3, 0.4) is 0 Å². The first kappa shape index (κ1) is 15.7. The van der Waals surface area contributed by atoms with Gasteiger partial charge in [-0.2, -0.15) is 0 Å². The van der Waals surface area contributed by atoms with Crippen molar-refractivity contribution in [1.29, 1.82) is 0 Å². The minimum absolute atomic E-state index is 0.0964. The van der Waals surface area contributed by atoms with Crippen LogP contribution in [0.2, 0.25) is 0 Å². The van der Waals surface area contributed by atoms with E-state index in [1.807, 2.05) is 19.9 Å². The summed E-state index contributed by atoms with van der Waals surface area (Å²) in [6.07, 6.45) is 8.95. The van der Waals surface area contributed by atoms with E-state index in [0.717, 1.165) is 25.9 Å². The third-order valence-corrected chi connectivity index (χ3v) is 3.75. The predicted molar refractivity (Wildman–Crippen MR) is 88.0 cm³/mol.